The first-order chi connectivity index (χ1) is 13.7. The summed E-state index contributed by atoms with van der Waals surface area (Å²) in [6.07, 6.45) is 0. The smallest absolute Gasteiger partial charge is 0.279 e. The van der Waals surface area contributed by atoms with E-state index in [0.717, 1.165) is 27.3 Å². The molecule has 2 aromatic heterocycles. The maximum Gasteiger partial charge on any atom is 0.279 e. The van der Waals surface area contributed by atoms with Crippen molar-refractivity contribution >= 4 is 32.6 Å². The normalized spacial score (nSPS) is 10.8. The predicted octanol–water partition coefficient (Wildman–Crippen LogP) is 4.61. The van der Waals surface area contributed by atoms with Crippen molar-refractivity contribution in [2.45, 2.75) is 6.92 Å². The van der Waals surface area contributed by atoms with E-state index in [-0.39, 0.29) is 11.6 Å². The lowest BCUT2D eigenvalue weighted by Gasteiger charge is -2.00. The minimum Gasteiger partial charge on any atom is -0.497 e. The van der Waals surface area contributed by atoms with Gasteiger partial charge in [0.25, 0.3) is 5.91 Å². The first kappa shape index (κ1) is 18.0. The maximum absolute atomic E-state index is 12.5. The van der Waals surface area contributed by atoms with Crippen molar-refractivity contribution in [2.75, 3.05) is 19.0 Å². The number of aromatic nitrogens is 2. The van der Waals surface area contributed by atoms with Gasteiger partial charge in [0.2, 0.25) is 0 Å². The van der Waals surface area contributed by atoms with Crippen LogP contribution in [0, 0.1) is 0 Å². The minimum atomic E-state index is -0.382. The van der Waals surface area contributed by atoms with Gasteiger partial charge in [-0.1, -0.05) is 16.5 Å². The summed E-state index contributed by atoms with van der Waals surface area (Å²) in [5, 5.41) is 7.12. The Morgan fingerprint density at radius 2 is 1.93 bits per heavy atom. The molecule has 1 amide bonds. The standard InChI is InChI=1S/C20H17N3O4S/c1-3-26-14-8-9-15-18(10-14)28-20(21-15)22-19(24)16-11-17(27-23-16)12-4-6-13(25-2)7-5-12/h4-11H,3H2,1-2H3,(H,21,22,24). The van der Waals surface area contributed by atoms with Gasteiger partial charge in [0, 0.05) is 11.6 Å². The molecule has 1 N–H and O–H groups in total. The van der Waals surface area contributed by atoms with Gasteiger partial charge in [-0.05, 0) is 49.4 Å². The molecule has 0 saturated heterocycles. The van der Waals surface area contributed by atoms with Crippen LogP contribution in [0.1, 0.15) is 17.4 Å². The Morgan fingerprint density at radius 1 is 1.14 bits per heavy atom. The molecule has 4 rings (SSSR count). The molecule has 0 atom stereocenters. The van der Waals surface area contributed by atoms with Gasteiger partial charge in [0.05, 0.1) is 23.9 Å². The van der Waals surface area contributed by atoms with Crippen molar-refractivity contribution in [3.63, 3.8) is 0 Å². The van der Waals surface area contributed by atoms with Crippen molar-refractivity contribution in [2.24, 2.45) is 0 Å². The highest BCUT2D eigenvalue weighted by molar-refractivity contribution is 7.22. The van der Waals surface area contributed by atoms with Gasteiger partial charge >= 0.3 is 0 Å². The number of thiazole rings is 1. The lowest BCUT2D eigenvalue weighted by molar-refractivity contribution is 0.101. The Labute approximate surface area is 164 Å². The number of nitrogens with one attached hydrogen (secondary N) is 1. The van der Waals surface area contributed by atoms with Crippen molar-refractivity contribution < 1.29 is 18.8 Å². The van der Waals surface area contributed by atoms with E-state index in [1.54, 1.807) is 13.2 Å². The van der Waals surface area contributed by atoms with Gasteiger partial charge < -0.3 is 14.0 Å². The molecule has 2 aromatic carbocycles. The largest absolute Gasteiger partial charge is 0.497 e. The highest BCUT2D eigenvalue weighted by Gasteiger charge is 2.16. The number of anilines is 1. The molecule has 142 valence electrons. The zero-order valence-electron chi connectivity index (χ0n) is 15.3. The van der Waals surface area contributed by atoms with E-state index in [2.05, 4.69) is 15.5 Å². The molecule has 0 aliphatic rings. The number of nitrogens with zero attached hydrogens (tertiary/aromatic N) is 2. The fraction of sp³-hybridized carbons (Fsp3) is 0.150. The van der Waals surface area contributed by atoms with Crippen molar-refractivity contribution in [3.8, 4) is 22.8 Å². The molecule has 0 saturated carbocycles. The van der Waals surface area contributed by atoms with Crippen LogP contribution in [0.3, 0.4) is 0 Å². The number of fused-ring (bicyclic) bond motifs is 1. The molecule has 4 aromatic rings. The van der Waals surface area contributed by atoms with Gasteiger partial charge in [0.1, 0.15) is 11.5 Å². The maximum atomic E-state index is 12.5. The van der Waals surface area contributed by atoms with E-state index < -0.39 is 0 Å². The number of hydrogen-bond acceptors (Lipinski definition) is 7. The Bertz CT molecular complexity index is 1120. The van der Waals surface area contributed by atoms with Crippen LogP contribution < -0.4 is 14.8 Å². The summed E-state index contributed by atoms with van der Waals surface area (Å²) < 4.78 is 16.9. The summed E-state index contributed by atoms with van der Waals surface area (Å²) in [5.41, 5.74) is 1.78. The highest BCUT2D eigenvalue weighted by atomic mass is 32.1. The predicted molar refractivity (Wildman–Crippen MR) is 107 cm³/mol. The Kier molecular flexibility index (Phi) is 4.94. The fourth-order valence-electron chi connectivity index (χ4n) is 2.65. The third kappa shape index (κ3) is 3.67. The first-order valence-corrected chi connectivity index (χ1v) is 9.44. The summed E-state index contributed by atoms with van der Waals surface area (Å²) in [7, 11) is 1.60. The zero-order valence-corrected chi connectivity index (χ0v) is 16.1. The molecular weight excluding hydrogens is 378 g/mol. The highest BCUT2D eigenvalue weighted by Crippen LogP contribution is 2.30. The molecule has 0 spiro atoms. The van der Waals surface area contributed by atoms with Crippen LogP contribution in [0.4, 0.5) is 5.13 Å². The van der Waals surface area contributed by atoms with Gasteiger partial charge in [-0.25, -0.2) is 4.98 Å². The lowest BCUT2D eigenvalue weighted by Crippen LogP contribution is -2.11. The van der Waals surface area contributed by atoms with Gasteiger partial charge in [-0.3, -0.25) is 10.1 Å². The van der Waals surface area contributed by atoms with Gasteiger partial charge in [-0.2, -0.15) is 0 Å². The second-order valence-corrected chi connectivity index (χ2v) is 6.87. The monoisotopic (exact) mass is 395 g/mol. The SMILES string of the molecule is CCOc1ccc2nc(NC(=O)c3cc(-c4ccc(OC)cc4)on3)sc2c1. The second-order valence-electron chi connectivity index (χ2n) is 5.84. The second kappa shape index (κ2) is 7.69. The summed E-state index contributed by atoms with van der Waals surface area (Å²) in [4.78, 5) is 16.9. The van der Waals surface area contributed by atoms with E-state index in [0.29, 0.717) is 17.5 Å². The molecule has 28 heavy (non-hydrogen) atoms. The Hall–Kier alpha value is -3.39. The average molecular weight is 395 g/mol. The number of rotatable bonds is 6. The average Bonchev–Trinajstić information content (AvgIpc) is 3.35. The topological polar surface area (TPSA) is 86.5 Å². The number of hydrogen-bond donors (Lipinski definition) is 1. The van der Waals surface area contributed by atoms with Crippen LogP contribution in [0.2, 0.25) is 0 Å². The molecule has 0 aliphatic heterocycles. The summed E-state index contributed by atoms with van der Waals surface area (Å²) in [5.74, 6) is 1.63. The van der Waals surface area contributed by atoms with Crippen LogP contribution in [-0.4, -0.2) is 29.8 Å². The molecular formula is C20H17N3O4S. The summed E-state index contributed by atoms with van der Waals surface area (Å²) in [6.45, 7) is 2.53. The number of carbonyl (C=O) groups is 1. The van der Waals surface area contributed by atoms with E-state index >= 15 is 0 Å². The molecule has 0 unspecified atom stereocenters. The van der Waals surface area contributed by atoms with Crippen molar-refractivity contribution in [1.82, 2.24) is 10.1 Å². The quantitative estimate of drug-likeness (QED) is 0.513. The van der Waals surface area contributed by atoms with Crippen LogP contribution in [-0.2, 0) is 0 Å². The fourth-order valence-corrected chi connectivity index (χ4v) is 3.54. The summed E-state index contributed by atoms with van der Waals surface area (Å²) >= 11 is 1.37. The summed E-state index contributed by atoms with van der Waals surface area (Å²) in [6, 6.07) is 14.5. The third-order valence-electron chi connectivity index (χ3n) is 4.01. The van der Waals surface area contributed by atoms with Crippen LogP contribution in [0.15, 0.2) is 53.1 Å². The van der Waals surface area contributed by atoms with Gasteiger partial charge in [0.15, 0.2) is 16.6 Å². The number of amides is 1. The first-order valence-electron chi connectivity index (χ1n) is 8.62. The van der Waals surface area contributed by atoms with Gasteiger partial charge in [-0.15, -0.1) is 0 Å². The number of ether oxygens (including phenoxy) is 2. The lowest BCUT2D eigenvalue weighted by atomic mass is 10.1. The number of methoxy groups -OCH3 is 1. The van der Waals surface area contributed by atoms with E-state index in [1.165, 1.54) is 11.3 Å². The van der Waals surface area contributed by atoms with Crippen molar-refractivity contribution in [3.05, 3.63) is 54.2 Å². The molecule has 8 heteroatoms. The molecule has 0 radical (unpaired) electrons. The zero-order chi connectivity index (χ0) is 19.5. The van der Waals surface area contributed by atoms with E-state index in [9.17, 15) is 4.79 Å². The van der Waals surface area contributed by atoms with Crippen molar-refractivity contribution in [1.29, 1.82) is 0 Å². The van der Waals surface area contributed by atoms with Crippen LogP contribution >= 0.6 is 11.3 Å². The number of benzene rings is 2. The molecule has 2 heterocycles. The van der Waals surface area contributed by atoms with Crippen LogP contribution in [0.25, 0.3) is 21.5 Å². The molecule has 0 fully saturated rings. The molecule has 0 bridgehead atoms. The third-order valence-corrected chi connectivity index (χ3v) is 4.94. The van der Waals surface area contributed by atoms with E-state index in [4.69, 9.17) is 14.0 Å². The Balaban J connectivity index is 1.50. The minimum absolute atomic E-state index is 0.181. The Morgan fingerprint density at radius 3 is 2.68 bits per heavy atom. The van der Waals surface area contributed by atoms with Crippen LogP contribution in [0.5, 0.6) is 11.5 Å². The molecule has 7 nitrogen and oxygen atoms in total. The number of carbonyl (C=O) groups excluding carboxylic acids is 1. The molecule has 0 aliphatic carbocycles. The van der Waals surface area contributed by atoms with E-state index in [1.807, 2.05) is 49.4 Å².